The van der Waals surface area contributed by atoms with Crippen molar-refractivity contribution in [2.75, 3.05) is 11.9 Å². The second kappa shape index (κ2) is 5.28. The van der Waals surface area contributed by atoms with Crippen LogP contribution in [0.25, 0.3) is 0 Å². The minimum Gasteiger partial charge on any atom is -0.478 e. The Kier molecular flexibility index (Phi) is 3.70. The van der Waals surface area contributed by atoms with Crippen molar-refractivity contribution in [1.82, 2.24) is 10.2 Å². The molecule has 0 bridgehead atoms. The smallest absolute Gasteiger partial charge is 0.339 e. The first-order valence-electron chi connectivity index (χ1n) is 6.30. The van der Waals surface area contributed by atoms with Crippen LogP contribution >= 0.6 is 0 Å². The molecular weight excluding hydrogens is 254 g/mol. The highest BCUT2D eigenvalue weighted by atomic mass is 16.4. The average Bonchev–Trinajstić information content (AvgIpc) is 2.41. The molecule has 0 unspecified atom stereocenters. The molecule has 0 aliphatic carbocycles. The molecule has 1 N–H and O–H groups in total. The van der Waals surface area contributed by atoms with Crippen LogP contribution in [-0.2, 0) is 0 Å². The Balaban J connectivity index is 2.61. The lowest BCUT2D eigenvalue weighted by Crippen LogP contribution is -2.19. The van der Waals surface area contributed by atoms with Crippen LogP contribution in [-0.4, -0.2) is 28.3 Å². The molecular formula is C15H17N3O2. The van der Waals surface area contributed by atoms with Crippen molar-refractivity contribution in [3.05, 3.63) is 46.6 Å². The van der Waals surface area contributed by atoms with Gasteiger partial charge in [-0.25, -0.2) is 4.79 Å². The number of hydrogen-bond acceptors (Lipinski definition) is 4. The molecule has 5 nitrogen and oxygen atoms in total. The van der Waals surface area contributed by atoms with Crippen LogP contribution in [0.4, 0.5) is 11.5 Å². The molecule has 0 spiro atoms. The predicted molar refractivity (Wildman–Crippen MR) is 77.7 cm³/mol. The molecule has 1 aromatic carbocycles. The fraction of sp³-hybridized carbons (Fsp3) is 0.267. The van der Waals surface area contributed by atoms with Gasteiger partial charge in [-0.05, 0) is 38.0 Å². The molecule has 20 heavy (non-hydrogen) atoms. The number of aromatic nitrogens is 2. The van der Waals surface area contributed by atoms with Crippen molar-refractivity contribution in [2.24, 2.45) is 0 Å². The topological polar surface area (TPSA) is 66.3 Å². The van der Waals surface area contributed by atoms with Gasteiger partial charge in [0.1, 0.15) is 5.56 Å². The highest BCUT2D eigenvalue weighted by Crippen LogP contribution is 2.29. The summed E-state index contributed by atoms with van der Waals surface area (Å²) < 4.78 is 0. The fourth-order valence-corrected chi connectivity index (χ4v) is 2.14. The lowest BCUT2D eigenvalue weighted by molar-refractivity contribution is 0.0696. The van der Waals surface area contributed by atoms with Gasteiger partial charge in [0.2, 0.25) is 0 Å². The molecule has 0 fully saturated rings. The Morgan fingerprint density at radius 2 is 1.80 bits per heavy atom. The summed E-state index contributed by atoms with van der Waals surface area (Å²) in [7, 11) is 1.80. The summed E-state index contributed by atoms with van der Waals surface area (Å²) in [5.41, 5.74) is 3.43. The number of aromatic carboxylic acids is 1. The molecule has 104 valence electrons. The molecule has 0 atom stereocenters. The normalized spacial score (nSPS) is 10.4. The quantitative estimate of drug-likeness (QED) is 0.929. The zero-order valence-electron chi connectivity index (χ0n) is 12.0. The molecule has 0 radical (unpaired) electrons. The SMILES string of the molecule is Cc1ccccc1N(C)c1nnc(C)c(C)c1C(=O)O. The molecule has 0 saturated carbocycles. The Labute approximate surface area is 117 Å². The Morgan fingerprint density at radius 1 is 1.15 bits per heavy atom. The summed E-state index contributed by atoms with van der Waals surface area (Å²) in [6.45, 7) is 5.48. The maximum absolute atomic E-state index is 11.5. The van der Waals surface area contributed by atoms with Crippen LogP contribution in [0, 0.1) is 20.8 Å². The van der Waals surface area contributed by atoms with Crippen molar-refractivity contribution < 1.29 is 9.90 Å². The molecule has 1 heterocycles. The Bertz CT molecular complexity index is 668. The van der Waals surface area contributed by atoms with Gasteiger partial charge in [0.25, 0.3) is 0 Å². The third kappa shape index (κ3) is 2.34. The number of carboxylic acid groups (broad SMARTS) is 1. The Hall–Kier alpha value is -2.43. The summed E-state index contributed by atoms with van der Waals surface area (Å²) >= 11 is 0. The van der Waals surface area contributed by atoms with E-state index in [1.165, 1.54) is 0 Å². The van der Waals surface area contributed by atoms with Crippen molar-refractivity contribution in [3.8, 4) is 0 Å². The molecule has 5 heteroatoms. The molecule has 0 saturated heterocycles. The highest BCUT2D eigenvalue weighted by Gasteiger charge is 2.21. The number of carboxylic acids is 1. The number of anilines is 2. The first-order valence-corrected chi connectivity index (χ1v) is 6.30. The summed E-state index contributed by atoms with van der Waals surface area (Å²) in [4.78, 5) is 13.3. The van der Waals surface area contributed by atoms with Crippen LogP contribution in [0.2, 0.25) is 0 Å². The predicted octanol–water partition coefficient (Wildman–Crippen LogP) is 2.87. The van der Waals surface area contributed by atoms with E-state index in [1.54, 1.807) is 25.8 Å². The van der Waals surface area contributed by atoms with Crippen molar-refractivity contribution in [1.29, 1.82) is 0 Å². The maximum Gasteiger partial charge on any atom is 0.339 e. The van der Waals surface area contributed by atoms with Gasteiger partial charge >= 0.3 is 5.97 Å². The van der Waals surface area contributed by atoms with E-state index < -0.39 is 5.97 Å². The molecule has 2 rings (SSSR count). The van der Waals surface area contributed by atoms with E-state index in [-0.39, 0.29) is 5.56 Å². The minimum absolute atomic E-state index is 0.197. The van der Waals surface area contributed by atoms with Crippen molar-refractivity contribution >= 4 is 17.5 Å². The van der Waals surface area contributed by atoms with E-state index in [2.05, 4.69) is 10.2 Å². The molecule has 1 aromatic heterocycles. The number of nitrogens with zero attached hydrogens (tertiary/aromatic N) is 3. The van der Waals surface area contributed by atoms with Crippen LogP contribution in [0.3, 0.4) is 0 Å². The number of carbonyl (C=O) groups is 1. The minimum atomic E-state index is -0.990. The van der Waals surface area contributed by atoms with Gasteiger partial charge in [0, 0.05) is 12.7 Å². The largest absolute Gasteiger partial charge is 0.478 e. The van der Waals surface area contributed by atoms with E-state index in [1.807, 2.05) is 31.2 Å². The molecule has 0 aliphatic rings. The molecule has 0 aliphatic heterocycles. The Morgan fingerprint density at radius 3 is 2.40 bits per heavy atom. The number of para-hydroxylation sites is 1. The number of benzene rings is 1. The third-order valence-electron chi connectivity index (χ3n) is 3.44. The summed E-state index contributed by atoms with van der Waals surface area (Å²) in [5.74, 6) is -0.633. The zero-order valence-corrected chi connectivity index (χ0v) is 12.0. The van der Waals surface area contributed by atoms with Crippen molar-refractivity contribution in [3.63, 3.8) is 0 Å². The summed E-state index contributed by atoms with van der Waals surface area (Å²) in [6, 6.07) is 7.75. The van der Waals surface area contributed by atoms with Crippen LogP contribution in [0.5, 0.6) is 0 Å². The maximum atomic E-state index is 11.5. The third-order valence-corrected chi connectivity index (χ3v) is 3.44. The van der Waals surface area contributed by atoms with E-state index in [4.69, 9.17) is 0 Å². The molecule has 2 aromatic rings. The second-order valence-electron chi connectivity index (χ2n) is 4.76. The lowest BCUT2D eigenvalue weighted by Gasteiger charge is -2.22. The standard InChI is InChI=1S/C15H17N3O2/c1-9-7-5-6-8-12(9)18(4)14-13(15(19)20)10(2)11(3)16-17-14/h5-8H,1-4H3,(H,19,20). The van der Waals surface area contributed by atoms with Crippen molar-refractivity contribution in [2.45, 2.75) is 20.8 Å². The number of rotatable bonds is 3. The first-order chi connectivity index (χ1) is 9.43. The van der Waals surface area contributed by atoms with Crippen LogP contribution in [0.1, 0.15) is 27.2 Å². The van der Waals surface area contributed by atoms with Gasteiger partial charge in [-0.3, -0.25) is 0 Å². The number of aryl methyl sites for hydroxylation is 2. The van der Waals surface area contributed by atoms with E-state index in [0.717, 1.165) is 11.3 Å². The molecule has 0 amide bonds. The van der Waals surface area contributed by atoms with Gasteiger partial charge in [0.15, 0.2) is 5.82 Å². The number of hydrogen-bond donors (Lipinski definition) is 1. The fourth-order valence-electron chi connectivity index (χ4n) is 2.14. The summed E-state index contributed by atoms with van der Waals surface area (Å²) in [6.07, 6.45) is 0. The zero-order chi connectivity index (χ0) is 14.9. The van der Waals surface area contributed by atoms with E-state index in [9.17, 15) is 9.90 Å². The van der Waals surface area contributed by atoms with Crippen LogP contribution < -0.4 is 4.90 Å². The van der Waals surface area contributed by atoms with Crippen LogP contribution in [0.15, 0.2) is 24.3 Å². The van der Waals surface area contributed by atoms with E-state index in [0.29, 0.717) is 17.1 Å². The monoisotopic (exact) mass is 271 g/mol. The van der Waals surface area contributed by atoms with Gasteiger partial charge in [-0.15, -0.1) is 5.10 Å². The second-order valence-corrected chi connectivity index (χ2v) is 4.76. The van der Waals surface area contributed by atoms with Gasteiger partial charge in [0.05, 0.1) is 5.69 Å². The lowest BCUT2D eigenvalue weighted by atomic mass is 10.1. The highest BCUT2D eigenvalue weighted by molar-refractivity contribution is 5.96. The average molecular weight is 271 g/mol. The summed E-state index contributed by atoms with van der Waals surface area (Å²) in [5, 5.41) is 17.6. The van der Waals surface area contributed by atoms with Gasteiger partial charge in [-0.1, -0.05) is 18.2 Å². The first kappa shape index (κ1) is 14.0. The van der Waals surface area contributed by atoms with Gasteiger partial charge < -0.3 is 10.0 Å². The van der Waals surface area contributed by atoms with Gasteiger partial charge in [-0.2, -0.15) is 5.10 Å². The van der Waals surface area contributed by atoms with E-state index >= 15 is 0 Å².